The van der Waals surface area contributed by atoms with Gasteiger partial charge in [0.25, 0.3) is 0 Å². The molecule has 0 bridgehead atoms. The van der Waals surface area contributed by atoms with Crippen molar-refractivity contribution in [3.05, 3.63) is 107 Å². The molecule has 1 aliphatic rings. The minimum atomic E-state index is -0.0197. The fourth-order valence-corrected chi connectivity index (χ4v) is 3.68. The third-order valence-corrected chi connectivity index (χ3v) is 5.47. The van der Waals surface area contributed by atoms with Crippen molar-refractivity contribution in [1.82, 2.24) is 0 Å². The van der Waals surface area contributed by atoms with Gasteiger partial charge >= 0.3 is 0 Å². The Bertz CT molecular complexity index is 1250. The first-order chi connectivity index (χ1) is 16.0. The van der Waals surface area contributed by atoms with Gasteiger partial charge in [-0.2, -0.15) is 0 Å². The SMILES string of the molecule is Nc1ccccc1Nc1ccc(Cl)cc1.O=C1CN(c2ccccc2)c2cc(Cl)ccc2N1. The van der Waals surface area contributed by atoms with Gasteiger partial charge in [0.2, 0.25) is 5.91 Å². The van der Waals surface area contributed by atoms with Gasteiger partial charge in [0.05, 0.1) is 22.7 Å². The van der Waals surface area contributed by atoms with Gasteiger partial charge in [-0.3, -0.25) is 4.79 Å². The van der Waals surface area contributed by atoms with E-state index in [4.69, 9.17) is 28.9 Å². The van der Waals surface area contributed by atoms with Crippen molar-refractivity contribution in [1.29, 1.82) is 0 Å². The summed E-state index contributed by atoms with van der Waals surface area (Å²) in [5, 5.41) is 7.45. The van der Waals surface area contributed by atoms with Crippen molar-refractivity contribution in [2.75, 3.05) is 27.8 Å². The predicted octanol–water partition coefficient (Wildman–Crippen LogP) is 7.10. The molecule has 1 aliphatic heterocycles. The Kier molecular flexibility index (Phi) is 7.03. The van der Waals surface area contributed by atoms with Crippen LogP contribution in [0.5, 0.6) is 0 Å². The van der Waals surface area contributed by atoms with Gasteiger partial charge in [-0.1, -0.05) is 53.5 Å². The first kappa shape index (κ1) is 22.5. The standard InChI is InChI=1S/C14H11ClN2O.C12H11ClN2/c15-10-6-7-12-13(8-10)17(9-14(18)16-12)11-4-2-1-3-5-11;13-9-5-7-10(8-6-9)15-12-4-2-1-3-11(12)14/h1-8H,9H2,(H,16,18);1-8,15H,14H2. The van der Waals surface area contributed by atoms with Crippen LogP contribution < -0.4 is 21.3 Å². The summed E-state index contributed by atoms with van der Waals surface area (Å²) >= 11 is 11.8. The molecule has 166 valence electrons. The first-order valence-electron chi connectivity index (χ1n) is 10.3. The van der Waals surface area contributed by atoms with E-state index in [9.17, 15) is 4.79 Å². The van der Waals surface area contributed by atoms with Gasteiger partial charge < -0.3 is 21.3 Å². The third kappa shape index (κ3) is 5.77. The number of nitrogen functional groups attached to an aromatic ring is 1. The molecule has 7 heteroatoms. The molecule has 5 nitrogen and oxygen atoms in total. The molecule has 0 radical (unpaired) electrons. The average Bonchev–Trinajstić information content (AvgIpc) is 2.83. The van der Waals surface area contributed by atoms with Crippen LogP contribution >= 0.6 is 23.2 Å². The number of nitrogens with zero attached hydrogens (tertiary/aromatic N) is 1. The van der Waals surface area contributed by atoms with Crippen LogP contribution in [0, 0.1) is 0 Å². The molecule has 1 heterocycles. The molecule has 4 aromatic rings. The number of benzene rings is 4. The van der Waals surface area contributed by atoms with E-state index in [0.29, 0.717) is 11.6 Å². The molecule has 0 saturated heterocycles. The summed E-state index contributed by atoms with van der Waals surface area (Å²) < 4.78 is 0. The monoisotopic (exact) mass is 476 g/mol. The van der Waals surface area contributed by atoms with Crippen LogP contribution in [0.25, 0.3) is 0 Å². The second kappa shape index (κ2) is 10.3. The second-order valence-corrected chi connectivity index (χ2v) is 8.22. The second-order valence-electron chi connectivity index (χ2n) is 7.35. The average molecular weight is 477 g/mol. The van der Waals surface area contributed by atoms with Crippen molar-refractivity contribution in [2.24, 2.45) is 0 Å². The smallest absolute Gasteiger partial charge is 0.244 e. The molecule has 0 aliphatic carbocycles. The molecule has 4 aromatic carbocycles. The van der Waals surface area contributed by atoms with E-state index < -0.39 is 0 Å². The molecule has 0 spiro atoms. The minimum absolute atomic E-state index is 0.0197. The molecule has 0 atom stereocenters. The van der Waals surface area contributed by atoms with Gasteiger partial charge in [-0.25, -0.2) is 0 Å². The summed E-state index contributed by atoms with van der Waals surface area (Å²) in [6, 6.07) is 30.4. The Hall–Kier alpha value is -3.67. The van der Waals surface area contributed by atoms with Gasteiger partial charge in [-0.15, -0.1) is 0 Å². The summed E-state index contributed by atoms with van der Waals surface area (Å²) in [4.78, 5) is 13.7. The number of nitrogens with two attached hydrogens (primary N) is 1. The van der Waals surface area contributed by atoms with Crippen LogP contribution in [0.4, 0.5) is 34.1 Å². The highest BCUT2D eigenvalue weighted by atomic mass is 35.5. The molecular weight excluding hydrogens is 455 g/mol. The van der Waals surface area contributed by atoms with E-state index in [1.807, 2.05) is 95.9 Å². The van der Waals surface area contributed by atoms with Crippen molar-refractivity contribution < 1.29 is 4.79 Å². The van der Waals surface area contributed by atoms with E-state index in [1.54, 1.807) is 6.07 Å². The lowest BCUT2D eigenvalue weighted by Crippen LogP contribution is -2.34. The molecule has 5 rings (SSSR count). The zero-order valence-electron chi connectivity index (χ0n) is 17.6. The van der Waals surface area contributed by atoms with Crippen molar-refractivity contribution >= 4 is 63.2 Å². The maximum absolute atomic E-state index is 11.7. The number of para-hydroxylation sites is 3. The Morgan fingerprint density at radius 1 is 0.818 bits per heavy atom. The molecule has 0 saturated carbocycles. The van der Waals surface area contributed by atoms with E-state index in [1.165, 1.54) is 0 Å². The van der Waals surface area contributed by atoms with E-state index in [2.05, 4.69) is 10.6 Å². The van der Waals surface area contributed by atoms with Crippen LogP contribution in [0.15, 0.2) is 97.1 Å². The number of hydrogen-bond donors (Lipinski definition) is 3. The number of halogens is 2. The topological polar surface area (TPSA) is 70.4 Å². The molecule has 0 fully saturated rings. The largest absolute Gasteiger partial charge is 0.397 e. The number of carbonyl (C=O) groups excluding carboxylic acids is 1. The number of amides is 1. The Morgan fingerprint density at radius 2 is 1.48 bits per heavy atom. The molecular formula is C26H22Cl2N4O. The van der Waals surface area contributed by atoms with Gasteiger partial charge in [0, 0.05) is 21.4 Å². The lowest BCUT2D eigenvalue weighted by Gasteiger charge is -2.31. The molecule has 4 N–H and O–H groups in total. The summed E-state index contributed by atoms with van der Waals surface area (Å²) in [5.41, 5.74) is 11.1. The normalized spacial score (nSPS) is 12.2. The van der Waals surface area contributed by atoms with Gasteiger partial charge in [0.1, 0.15) is 6.54 Å². The lowest BCUT2D eigenvalue weighted by molar-refractivity contribution is -0.115. The molecule has 33 heavy (non-hydrogen) atoms. The number of rotatable bonds is 3. The number of nitrogens with one attached hydrogen (secondary N) is 2. The van der Waals surface area contributed by atoms with Crippen molar-refractivity contribution in [3.63, 3.8) is 0 Å². The fraction of sp³-hybridized carbons (Fsp3) is 0.0385. The molecule has 1 amide bonds. The summed E-state index contributed by atoms with van der Waals surface area (Å²) in [6.07, 6.45) is 0. The summed E-state index contributed by atoms with van der Waals surface area (Å²) in [7, 11) is 0. The van der Waals surface area contributed by atoms with E-state index in [-0.39, 0.29) is 5.91 Å². The maximum atomic E-state index is 11.7. The maximum Gasteiger partial charge on any atom is 0.244 e. The zero-order chi connectivity index (χ0) is 23.2. The van der Waals surface area contributed by atoms with Crippen LogP contribution in [0.1, 0.15) is 0 Å². The quantitative estimate of drug-likeness (QED) is 0.276. The van der Waals surface area contributed by atoms with Crippen LogP contribution in [0.2, 0.25) is 10.0 Å². The van der Waals surface area contributed by atoms with E-state index in [0.717, 1.165) is 39.1 Å². The molecule has 0 aromatic heterocycles. The number of fused-ring (bicyclic) bond motifs is 1. The highest BCUT2D eigenvalue weighted by Crippen LogP contribution is 2.36. The minimum Gasteiger partial charge on any atom is -0.397 e. The Morgan fingerprint density at radius 3 is 2.21 bits per heavy atom. The summed E-state index contributed by atoms with van der Waals surface area (Å²) in [6.45, 7) is 0.303. The highest BCUT2D eigenvalue weighted by Gasteiger charge is 2.23. The van der Waals surface area contributed by atoms with Crippen LogP contribution in [0.3, 0.4) is 0 Å². The Balaban J connectivity index is 0.000000160. The Labute approximate surface area is 202 Å². The van der Waals surface area contributed by atoms with Gasteiger partial charge in [0.15, 0.2) is 0 Å². The highest BCUT2D eigenvalue weighted by molar-refractivity contribution is 6.31. The summed E-state index contributed by atoms with van der Waals surface area (Å²) in [5.74, 6) is -0.0197. The third-order valence-electron chi connectivity index (χ3n) is 4.98. The number of carbonyl (C=O) groups is 1. The number of hydrogen-bond acceptors (Lipinski definition) is 4. The molecule has 0 unspecified atom stereocenters. The number of anilines is 6. The van der Waals surface area contributed by atoms with Crippen LogP contribution in [-0.2, 0) is 4.79 Å². The van der Waals surface area contributed by atoms with Crippen LogP contribution in [-0.4, -0.2) is 12.5 Å². The van der Waals surface area contributed by atoms with Crippen molar-refractivity contribution in [3.8, 4) is 0 Å². The lowest BCUT2D eigenvalue weighted by atomic mass is 10.1. The van der Waals surface area contributed by atoms with Crippen molar-refractivity contribution in [2.45, 2.75) is 0 Å². The van der Waals surface area contributed by atoms with Gasteiger partial charge in [-0.05, 0) is 66.7 Å². The zero-order valence-corrected chi connectivity index (χ0v) is 19.1. The van der Waals surface area contributed by atoms with E-state index >= 15 is 0 Å². The predicted molar refractivity (Wildman–Crippen MR) is 139 cm³/mol. The fourth-order valence-electron chi connectivity index (χ4n) is 3.39. The first-order valence-corrected chi connectivity index (χ1v) is 11.0.